The molecule has 0 aliphatic heterocycles. The second-order valence-corrected chi connectivity index (χ2v) is 18.3. The van der Waals surface area contributed by atoms with Gasteiger partial charge in [-0.05, 0) is 64.2 Å². The average Bonchev–Trinajstić information content (AvgIpc) is 3.47. The van der Waals surface area contributed by atoms with Crippen molar-refractivity contribution in [2.75, 3.05) is 47.5 Å². The van der Waals surface area contributed by atoms with Gasteiger partial charge < -0.3 is 29.1 Å². The third-order valence-electron chi connectivity index (χ3n) is 10.1. The molecule has 13 heteroatoms. The van der Waals surface area contributed by atoms with Crippen LogP contribution in [0, 0.1) is 11.8 Å². The largest absolute Gasteiger partial charge is 0.472 e. The van der Waals surface area contributed by atoms with E-state index in [0.29, 0.717) is 43.1 Å². The average molecular weight is 879 g/mol. The third kappa shape index (κ3) is 31.5. The summed E-state index contributed by atoms with van der Waals surface area (Å²) in [4.78, 5) is 48.2. The standard InChI is InChI=1S/C48H80NO11P/c1-6-8-10-11-12-13-14-15-16-17-18-19-20-21-22-23-29-33-48(54)60-42(40-59-61(55,56)58-37-36-49(3,4)5)39-57-47(53)32-28-25-24-27-31-43-44(46(52)38-45(43)51)35-34-41(50)30-26-9-7-2/h8,10,12-13,15-16,18-19,21-22,34-35,41-44,46,50,52H,6-7,9,11,14,17,20,23-33,36-40H2,1-5H3/p+1/b10-8-,13-12-,16-15-,19-18-,22-21-,35-34+/t41-,42+,43+,44+,46+/m0/s1. The zero-order chi connectivity index (χ0) is 45.2. The van der Waals surface area contributed by atoms with Crippen molar-refractivity contribution >= 4 is 25.5 Å². The Balaban J connectivity index is 2.51. The minimum atomic E-state index is -4.46. The van der Waals surface area contributed by atoms with Gasteiger partial charge in [-0.2, -0.15) is 0 Å². The number of ketones is 1. The van der Waals surface area contributed by atoms with Crippen LogP contribution in [0.25, 0.3) is 0 Å². The van der Waals surface area contributed by atoms with Crippen LogP contribution in [-0.4, -0.2) is 103 Å². The van der Waals surface area contributed by atoms with Gasteiger partial charge in [-0.3, -0.25) is 23.4 Å². The summed E-state index contributed by atoms with van der Waals surface area (Å²) in [5.41, 5.74) is 0. The summed E-state index contributed by atoms with van der Waals surface area (Å²) < 4.78 is 34.2. The molecular weight excluding hydrogens is 797 g/mol. The van der Waals surface area contributed by atoms with Crippen molar-refractivity contribution in [1.82, 2.24) is 0 Å². The van der Waals surface area contributed by atoms with Crippen LogP contribution >= 0.6 is 7.82 Å². The Labute approximate surface area is 368 Å². The van der Waals surface area contributed by atoms with Gasteiger partial charge in [0.25, 0.3) is 0 Å². The van der Waals surface area contributed by atoms with Gasteiger partial charge in [-0.1, -0.05) is 125 Å². The first-order chi connectivity index (χ1) is 29.2. The lowest BCUT2D eigenvalue weighted by Crippen LogP contribution is -2.37. The second-order valence-electron chi connectivity index (χ2n) is 16.8. The molecule has 1 fully saturated rings. The minimum Gasteiger partial charge on any atom is -0.462 e. The Morgan fingerprint density at radius 3 is 2.02 bits per heavy atom. The number of esters is 2. The molecule has 0 amide bonds. The number of likely N-dealkylation sites (N-methyl/N-ethyl adjacent to an activating group) is 1. The molecule has 0 bridgehead atoms. The fourth-order valence-electron chi connectivity index (χ4n) is 6.53. The Hall–Kier alpha value is -2.96. The topological polar surface area (TPSA) is 166 Å². The van der Waals surface area contributed by atoms with Crippen LogP contribution < -0.4 is 0 Å². The molecule has 3 N–H and O–H groups in total. The number of rotatable bonds is 36. The quantitative estimate of drug-likeness (QED) is 0.0180. The predicted octanol–water partition coefficient (Wildman–Crippen LogP) is 9.61. The SMILES string of the molecule is CC/C=C\C/C=C\C/C=C\C/C=C\C/C=C\CCCC(=O)O[C@H](COC(=O)CCCCCC[C@H]1C(=O)C[C@@H](O)[C@@H]1/C=C/[C@@H](O)CCCCC)COP(=O)(O)OCC[N+](C)(C)C. The van der Waals surface area contributed by atoms with E-state index in [-0.39, 0.29) is 50.1 Å². The molecule has 0 spiro atoms. The molecular formula is C48H81NO11P+. The Morgan fingerprint density at radius 2 is 1.39 bits per heavy atom. The van der Waals surface area contributed by atoms with Crippen LogP contribution in [0.2, 0.25) is 0 Å². The van der Waals surface area contributed by atoms with E-state index in [1.165, 1.54) is 0 Å². The van der Waals surface area contributed by atoms with Crippen molar-refractivity contribution < 1.29 is 57.1 Å². The first kappa shape index (κ1) is 56.1. The summed E-state index contributed by atoms with van der Waals surface area (Å²) >= 11 is 0. The maximum atomic E-state index is 12.7. The summed E-state index contributed by atoms with van der Waals surface area (Å²) in [6.45, 7) is 3.85. The predicted molar refractivity (Wildman–Crippen MR) is 243 cm³/mol. The number of ether oxygens (including phenoxy) is 2. The molecule has 0 aromatic heterocycles. The first-order valence-electron chi connectivity index (χ1n) is 22.8. The van der Waals surface area contributed by atoms with E-state index in [0.717, 1.165) is 70.6 Å². The molecule has 0 aromatic rings. The molecule has 0 radical (unpaired) electrons. The summed E-state index contributed by atoms with van der Waals surface area (Å²) in [5, 5.41) is 20.7. The molecule has 61 heavy (non-hydrogen) atoms. The molecule has 6 atom stereocenters. The lowest BCUT2D eigenvalue weighted by molar-refractivity contribution is -0.870. The van der Waals surface area contributed by atoms with Gasteiger partial charge in [0.2, 0.25) is 0 Å². The lowest BCUT2D eigenvalue weighted by Gasteiger charge is -2.24. The van der Waals surface area contributed by atoms with Crippen molar-refractivity contribution in [1.29, 1.82) is 0 Å². The number of carbonyl (C=O) groups is 3. The number of quaternary nitrogens is 1. The van der Waals surface area contributed by atoms with Gasteiger partial charge in [-0.15, -0.1) is 0 Å². The maximum Gasteiger partial charge on any atom is 0.472 e. The Kier molecular flexibility index (Phi) is 31.7. The number of Topliss-reactive ketones (excluding diaryl/α,β-unsaturated/α-hetero) is 1. The van der Waals surface area contributed by atoms with Crippen molar-refractivity contribution in [3.63, 3.8) is 0 Å². The van der Waals surface area contributed by atoms with Crippen LogP contribution in [0.5, 0.6) is 0 Å². The number of allylic oxidation sites excluding steroid dienone is 10. The van der Waals surface area contributed by atoms with E-state index in [1.54, 1.807) is 6.08 Å². The normalized spacial score (nSPS) is 19.7. The maximum absolute atomic E-state index is 12.7. The number of nitrogens with zero attached hydrogens (tertiary/aromatic N) is 1. The molecule has 348 valence electrons. The number of hydrogen-bond donors (Lipinski definition) is 3. The summed E-state index contributed by atoms with van der Waals surface area (Å²) in [6.07, 6.45) is 35.8. The zero-order valence-corrected chi connectivity index (χ0v) is 39.0. The van der Waals surface area contributed by atoms with Crippen molar-refractivity contribution in [3.05, 3.63) is 72.9 Å². The minimum absolute atomic E-state index is 0.0214. The van der Waals surface area contributed by atoms with Crippen LogP contribution in [0.4, 0.5) is 0 Å². The Morgan fingerprint density at radius 1 is 0.787 bits per heavy atom. The van der Waals surface area contributed by atoms with Gasteiger partial charge in [0, 0.05) is 31.1 Å². The summed E-state index contributed by atoms with van der Waals surface area (Å²) in [5.74, 6) is -1.57. The number of unbranched alkanes of at least 4 members (excludes halogenated alkanes) is 6. The number of aliphatic hydroxyl groups is 2. The highest BCUT2D eigenvalue weighted by Gasteiger charge is 2.39. The highest BCUT2D eigenvalue weighted by molar-refractivity contribution is 7.47. The van der Waals surface area contributed by atoms with E-state index in [9.17, 15) is 34.1 Å². The number of phosphoric acid groups is 1. The van der Waals surface area contributed by atoms with E-state index < -0.39 is 44.7 Å². The fraction of sp³-hybridized carbons (Fsp3) is 0.688. The van der Waals surface area contributed by atoms with Crippen molar-refractivity contribution in [3.8, 4) is 0 Å². The molecule has 1 saturated carbocycles. The van der Waals surface area contributed by atoms with Gasteiger partial charge in [0.05, 0.1) is 40.0 Å². The second kappa shape index (κ2) is 34.5. The van der Waals surface area contributed by atoms with Gasteiger partial charge in [0.1, 0.15) is 25.5 Å². The molecule has 12 nitrogen and oxygen atoms in total. The van der Waals surface area contributed by atoms with Crippen LogP contribution in [0.1, 0.15) is 136 Å². The molecule has 1 rings (SSSR count). The van der Waals surface area contributed by atoms with Gasteiger partial charge in [0.15, 0.2) is 6.10 Å². The van der Waals surface area contributed by atoms with Gasteiger partial charge >= 0.3 is 19.8 Å². The van der Waals surface area contributed by atoms with Crippen LogP contribution in [0.3, 0.4) is 0 Å². The number of phosphoric ester groups is 1. The fourth-order valence-corrected chi connectivity index (χ4v) is 7.27. The Bertz CT molecular complexity index is 1430. The monoisotopic (exact) mass is 879 g/mol. The van der Waals surface area contributed by atoms with Crippen molar-refractivity contribution in [2.24, 2.45) is 11.8 Å². The number of aliphatic hydroxyl groups excluding tert-OH is 2. The highest BCUT2D eigenvalue weighted by Crippen LogP contribution is 2.43. The molecule has 0 aromatic carbocycles. The molecule has 0 heterocycles. The highest BCUT2D eigenvalue weighted by atomic mass is 31.2. The third-order valence-corrected chi connectivity index (χ3v) is 11.1. The van der Waals surface area contributed by atoms with Crippen LogP contribution in [-0.2, 0) is 37.5 Å². The van der Waals surface area contributed by atoms with Gasteiger partial charge in [-0.25, -0.2) is 4.57 Å². The zero-order valence-electron chi connectivity index (χ0n) is 38.1. The first-order valence-corrected chi connectivity index (χ1v) is 24.3. The van der Waals surface area contributed by atoms with E-state index in [4.69, 9.17) is 18.5 Å². The molecule has 1 aliphatic rings. The smallest absolute Gasteiger partial charge is 0.462 e. The molecule has 1 unspecified atom stereocenters. The number of hydrogen-bond acceptors (Lipinski definition) is 10. The molecule has 1 aliphatic carbocycles. The van der Waals surface area contributed by atoms with E-state index >= 15 is 0 Å². The number of carbonyl (C=O) groups excluding carboxylic acids is 3. The summed E-state index contributed by atoms with van der Waals surface area (Å²) in [7, 11) is 1.30. The van der Waals surface area contributed by atoms with Crippen LogP contribution in [0.15, 0.2) is 72.9 Å². The summed E-state index contributed by atoms with van der Waals surface area (Å²) in [6, 6.07) is 0. The molecule has 0 saturated heterocycles. The van der Waals surface area contributed by atoms with E-state index in [1.807, 2.05) is 39.4 Å². The lowest BCUT2D eigenvalue weighted by atomic mass is 9.88. The van der Waals surface area contributed by atoms with Crippen molar-refractivity contribution in [2.45, 2.75) is 154 Å². The van der Waals surface area contributed by atoms with E-state index in [2.05, 4.69) is 62.5 Å².